The van der Waals surface area contributed by atoms with Crippen LogP contribution in [0.4, 0.5) is 0 Å². The van der Waals surface area contributed by atoms with Gasteiger partial charge in [0.25, 0.3) is 0 Å². The molecule has 0 spiro atoms. The summed E-state index contributed by atoms with van der Waals surface area (Å²) >= 11 is 0. The molecule has 2 fully saturated rings. The zero-order valence-electron chi connectivity index (χ0n) is 11.4. The molecule has 2 aliphatic rings. The molecule has 0 bridgehead atoms. The standard InChI is InChI=1S/C11H18O3.C3H8/c1-8-3-2-4-9(7-8)13-11-6-5-10(12)14-11;1-3-2/h8-9,11H,2-7H2,1H3;3H2,1-2H3. The lowest BCUT2D eigenvalue weighted by Gasteiger charge is -2.28. The second kappa shape index (κ2) is 7.70. The summed E-state index contributed by atoms with van der Waals surface area (Å²) in [5.74, 6) is 0.643. The van der Waals surface area contributed by atoms with Gasteiger partial charge in [0, 0.05) is 6.42 Å². The Hall–Kier alpha value is -0.570. The van der Waals surface area contributed by atoms with Crippen molar-refractivity contribution in [3.8, 4) is 0 Å². The molecular weight excluding hydrogens is 216 g/mol. The lowest BCUT2D eigenvalue weighted by Crippen LogP contribution is -2.26. The smallest absolute Gasteiger partial charge is 0.308 e. The molecule has 1 saturated carbocycles. The topological polar surface area (TPSA) is 35.5 Å². The van der Waals surface area contributed by atoms with Crippen LogP contribution in [0.5, 0.6) is 0 Å². The highest BCUT2D eigenvalue weighted by Gasteiger charge is 2.28. The molecule has 3 nitrogen and oxygen atoms in total. The van der Waals surface area contributed by atoms with Crippen molar-refractivity contribution in [3.05, 3.63) is 0 Å². The van der Waals surface area contributed by atoms with E-state index in [0.29, 0.717) is 12.5 Å². The lowest BCUT2D eigenvalue weighted by molar-refractivity contribution is -0.176. The summed E-state index contributed by atoms with van der Waals surface area (Å²) in [6.07, 6.45) is 7.37. The number of rotatable bonds is 2. The van der Waals surface area contributed by atoms with E-state index in [0.717, 1.165) is 25.2 Å². The van der Waals surface area contributed by atoms with Crippen molar-refractivity contribution in [3.63, 3.8) is 0 Å². The second-order valence-corrected chi connectivity index (χ2v) is 5.20. The molecule has 1 aliphatic carbocycles. The third-order valence-corrected chi connectivity index (χ3v) is 3.08. The summed E-state index contributed by atoms with van der Waals surface area (Å²) in [4.78, 5) is 10.9. The van der Waals surface area contributed by atoms with Gasteiger partial charge in [-0.05, 0) is 18.8 Å². The highest BCUT2D eigenvalue weighted by molar-refractivity contribution is 5.71. The molecular formula is C14H26O3. The van der Waals surface area contributed by atoms with Crippen molar-refractivity contribution in [1.29, 1.82) is 0 Å². The minimum absolute atomic E-state index is 0.112. The van der Waals surface area contributed by atoms with Crippen molar-refractivity contribution in [1.82, 2.24) is 0 Å². The van der Waals surface area contributed by atoms with Gasteiger partial charge in [0.05, 0.1) is 12.5 Å². The molecule has 0 aromatic rings. The summed E-state index contributed by atoms with van der Waals surface area (Å²) in [6.45, 7) is 6.51. The van der Waals surface area contributed by atoms with E-state index in [-0.39, 0.29) is 12.3 Å². The fourth-order valence-corrected chi connectivity index (χ4v) is 2.31. The van der Waals surface area contributed by atoms with E-state index in [9.17, 15) is 4.79 Å². The Labute approximate surface area is 105 Å². The van der Waals surface area contributed by atoms with Crippen LogP contribution in [-0.4, -0.2) is 18.4 Å². The van der Waals surface area contributed by atoms with E-state index < -0.39 is 0 Å². The highest BCUT2D eigenvalue weighted by atomic mass is 16.7. The summed E-state index contributed by atoms with van der Waals surface area (Å²) in [6, 6.07) is 0. The van der Waals surface area contributed by atoms with Gasteiger partial charge in [-0.3, -0.25) is 4.79 Å². The Morgan fingerprint density at radius 2 is 2.00 bits per heavy atom. The van der Waals surface area contributed by atoms with Crippen molar-refractivity contribution >= 4 is 5.97 Å². The summed E-state index contributed by atoms with van der Waals surface area (Å²) in [5.41, 5.74) is 0. The van der Waals surface area contributed by atoms with Crippen LogP contribution in [0.2, 0.25) is 0 Å². The first-order chi connectivity index (χ1) is 8.15. The predicted octanol–water partition coefficient (Wildman–Crippen LogP) is 3.66. The number of hydrogen-bond donors (Lipinski definition) is 0. The monoisotopic (exact) mass is 242 g/mol. The molecule has 17 heavy (non-hydrogen) atoms. The molecule has 1 heterocycles. The Balaban J connectivity index is 0.000000437. The zero-order chi connectivity index (χ0) is 12.7. The van der Waals surface area contributed by atoms with Crippen LogP contribution in [-0.2, 0) is 14.3 Å². The molecule has 100 valence electrons. The van der Waals surface area contributed by atoms with Crippen LogP contribution >= 0.6 is 0 Å². The average molecular weight is 242 g/mol. The van der Waals surface area contributed by atoms with Gasteiger partial charge in [-0.2, -0.15) is 0 Å². The zero-order valence-corrected chi connectivity index (χ0v) is 11.4. The first-order valence-corrected chi connectivity index (χ1v) is 7.00. The van der Waals surface area contributed by atoms with Crippen LogP contribution in [0, 0.1) is 5.92 Å². The maximum atomic E-state index is 10.9. The van der Waals surface area contributed by atoms with Crippen LogP contribution in [0.1, 0.15) is 65.7 Å². The lowest BCUT2D eigenvalue weighted by atomic mass is 9.89. The molecule has 3 heteroatoms. The van der Waals surface area contributed by atoms with Gasteiger partial charge in [-0.1, -0.05) is 40.0 Å². The molecule has 0 amide bonds. The van der Waals surface area contributed by atoms with Gasteiger partial charge >= 0.3 is 5.97 Å². The molecule has 0 aromatic heterocycles. The third-order valence-electron chi connectivity index (χ3n) is 3.08. The molecule has 0 aromatic carbocycles. The van der Waals surface area contributed by atoms with E-state index in [4.69, 9.17) is 9.47 Å². The van der Waals surface area contributed by atoms with E-state index in [1.807, 2.05) is 0 Å². The fraction of sp³-hybridized carbons (Fsp3) is 0.929. The summed E-state index contributed by atoms with van der Waals surface area (Å²) in [5, 5.41) is 0. The number of cyclic esters (lactones) is 1. The molecule has 3 unspecified atom stereocenters. The van der Waals surface area contributed by atoms with Crippen molar-refractivity contribution in [2.24, 2.45) is 5.92 Å². The van der Waals surface area contributed by atoms with E-state index >= 15 is 0 Å². The van der Waals surface area contributed by atoms with Crippen LogP contribution < -0.4 is 0 Å². The van der Waals surface area contributed by atoms with Gasteiger partial charge in [0.1, 0.15) is 0 Å². The van der Waals surface area contributed by atoms with Gasteiger partial charge in [0.15, 0.2) is 0 Å². The maximum absolute atomic E-state index is 10.9. The molecule has 1 saturated heterocycles. The van der Waals surface area contributed by atoms with Gasteiger partial charge in [-0.25, -0.2) is 0 Å². The van der Waals surface area contributed by atoms with Crippen LogP contribution in [0.25, 0.3) is 0 Å². The minimum Gasteiger partial charge on any atom is -0.436 e. The first-order valence-electron chi connectivity index (χ1n) is 7.00. The third kappa shape index (κ3) is 5.53. The van der Waals surface area contributed by atoms with E-state index in [1.165, 1.54) is 19.3 Å². The van der Waals surface area contributed by atoms with Crippen molar-refractivity contribution < 1.29 is 14.3 Å². The number of esters is 1. The first kappa shape index (κ1) is 14.5. The fourth-order valence-electron chi connectivity index (χ4n) is 2.31. The SMILES string of the molecule is CC1CCCC(OC2CCC(=O)O2)C1.CCC. The Kier molecular flexibility index (Phi) is 6.56. The van der Waals surface area contributed by atoms with Gasteiger partial charge in [0.2, 0.25) is 6.29 Å². The summed E-state index contributed by atoms with van der Waals surface area (Å²) in [7, 11) is 0. The van der Waals surface area contributed by atoms with Crippen LogP contribution in [0.15, 0.2) is 0 Å². The number of hydrogen-bond acceptors (Lipinski definition) is 3. The van der Waals surface area contributed by atoms with Crippen molar-refractivity contribution in [2.75, 3.05) is 0 Å². The average Bonchev–Trinajstić information content (AvgIpc) is 2.65. The number of carbonyl (C=O) groups excluding carboxylic acids is 1. The van der Waals surface area contributed by atoms with Crippen LogP contribution in [0.3, 0.4) is 0 Å². The number of carbonyl (C=O) groups is 1. The normalized spacial score (nSPS) is 32.6. The van der Waals surface area contributed by atoms with E-state index in [1.54, 1.807) is 0 Å². The quantitative estimate of drug-likeness (QED) is 0.693. The predicted molar refractivity (Wildman–Crippen MR) is 67.6 cm³/mol. The highest BCUT2D eigenvalue weighted by Crippen LogP contribution is 2.28. The Bertz CT molecular complexity index is 228. The van der Waals surface area contributed by atoms with Gasteiger partial charge in [-0.15, -0.1) is 0 Å². The number of ether oxygens (including phenoxy) is 2. The van der Waals surface area contributed by atoms with Crippen molar-refractivity contribution in [2.45, 2.75) is 78.1 Å². The van der Waals surface area contributed by atoms with E-state index in [2.05, 4.69) is 20.8 Å². The van der Waals surface area contributed by atoms with Gasteiger partial charge < -0.3 is 9.47 Å². The second-order valence-electron chi connectivity index (χ2n) is 5.20. The summed E-state index contributed by atoms with van der Waals surface area (Å²) < 4.78 is 10.8. The molecule has 0 radical (unpaired) electrons. The Morgan fingerprint density at radius 3 is 2.53 bits per heavy atom. The minimum atomic E-state index is -0.252. The Morgan fingerprint density at radius 1 is 1.29 bits per heavy atom. The largest absolute Gasteiger partial charge is 0.436 e. The molecule has 3 atom stereocenters. The molecule has 0 N–H and O–H groups in total. The molecule has 2 rings (SSSR count). The molecule has 1 aliphatic heterocycles. The maximum Gasteiger partial charge on any atom is 0.308 e.